The number of aromatic nitrogens is 1. The molecular weight excluding hydrogens is 186 g/mol. The Bertz CT molecular complexity index is 473. The minimum atomic E-state index is -0.197. The van der Waals surface area contributed by atoms with Gasteiger partial charge in [0.15, 0.2) is 0 Å². The largest absolute Gasteiger partial charge is 0.392 e. The average molecular weight is 199 g/mol. The molecule has 1 atom stereocenters. The molecule has 2 nitrogen and oxygen atoms in total. The van der Waals surface area contributed by atoms with E-state index in [1.54, 1.807) is 0 Å². The Labute approximate surface area is 88.8 Å². The molecule has 2 aromatic rings. The molecule has 0 radical (unpaired) electrons. The van der Waals surface area contributed by atoms with E-state index < -0.39 is 0 Å². The van der Waals surface area contributed by atoms with Crippen LogP contribution in [0.3, 0.4) is 0 Å². The van der Waals surface area contributed by atoms with Gasteiger partial charge in [-0.2, -0.15) is 0 Å². The van der Waals surface area contributed by atoms with Crippen LogP contribution in [0, 0.1) is 0 Å². The topological polar surface area (TPSA) is 25.2 Å². The van der Waals surface area contributed by atoms with Gasteiger partial charge >= 0.3 is 0 Å². The lowest BCUT2D eigenvalue weighted by Gasteiger charge is -2.08. The maximum atomic E-state index is 9.66. The molecule has 76 valence electrons. The standard InChI is InChI=1S/C13H13NO/c15-11-8-10-4-3-5-13(12(10)9-11)14-6-1-2-7-14/h1-7,11,15H,8-9H2. The summed E-state index contributed by atoms with van der Waals surface area (Å²) >= 11 is 0. The molecule has 1 aromatic carbocycles. The van der Waals surface area contributed by atoms with Crippen LogP contribution in [-0.2, 0) is 12.8 Å². The van der Waals surface area contributed by atoms with Crippen LogP contribution in [0.25, 0.3) is 5.69 Å². The monoisotopic (exact) mass is 199 g/mol. The lowest BCUT2D eigenvalue weighted by atomic mass is 10.1. The van der Waals surface area contributed by atoms with Crippen LogP contribution in [0.15, 0.2) is 42.7 Å². The molecule has 0 saturated carbocycles. The molecule has 0 aliphatic heterocycles. The van der Waals surface area contributed by atoms with E-state index >= 15 is 0 Å². The molecule has 0 amide bonds. The molecule has 0 fully saturated rings. The normalized spacial score (nSPS) is 19.1. The van der Waals surface area contributed by atoms with E-state index in [1.807, 2.05) is 24.5 Å². The van der Waals surface area contributed by atoms with Crippen molar-refractivity contribution in [1.29, 1.82) is 0 Å². The van der Waals surface area contributed by atoms with E-state index in [0.717, 1.165) is 12.8 Å². The molecule has 1 aromatic heterocycles. The van der Waals surface area contributed by atoms with Crippen LogP contribution in [0.2, 0.25) is 0 Å². The predicted molar refractivity (Wildman–Crippen MR) is 59.2 cm³/mol. The third-order valence-corrected chi connectivity index (χ3v) is 3.03. The highest BCUT2D eigenvalue weighted by Gasteiger charge is 2.21. The fraction of sp³-hybridized carbons (Fsp3) is 0.231. The molecule has 2 heteroatoms. The molecule has 0 saturated heterocycles. The van der Waals surface area contributed by atoms with Crippen molar-refractivity contribution in [2.45, 2.75) is 18.9 Å². The highest BCUT2D eigenvalue weighted by Crippen LogP contribution is 2.27. The quantitative estimate of drug-likeness (QED) is 0.746. The summed E-state index contributed by atoms with van der Waals surface area (Å²) in [6, 6.07) is 10.3. The van der Waals surface area contributed by atoms with E-state index in [-0.39, 0.29) is 6.10 Å². The first-order valence-corrected chi connectivity index (χ1v) is 5.27. The van der Waals surface area contributed by atoms with E-state index in [0.29, 0.717) is 0 Å². The molecule has 1 aliphatic rings. The number of fused-ring (bicyclic) bond motifs is 1. The molecule has 1 heterocycles. The summed E-state index contributed by atoms with van der Waals surface area (Å²) in [6.07, 6.45) is 5.46. The minimum Gasteiger partial charge on any atom is -0.392 e. The van der Waals surface area contributed by atoms with E-state index in [9.17, 15) is 5.11 Å². The molecule has 3 rings (SSSR count). The maximum absolute atomic E-state index is 9.66. The van der Waals surface area contributed by atoms with Gasteiger partial charge in [0.25, 0.3) is 0 Å². The van der Waals surface area contributed by atoms with Gasteiger partial charge in [-0.05, 0) is 35.7 Å². The zero-order valence-corrected chi connectivity index (χ0v) is 8.43. The van der Waals surface area contributed by atoms with Crippen molar-refractivity contribution in [2.24, 2.45) is 0 Å². The van der Waals surface area contributed by atoms with Crippen LogP contribution in [0.5, 0.6) is 0 Å². The molecular formula is C13H13NO. The summed E-state index contributed by atoms with van der Waals surface area (Å²) in [5.41, 5.74) is 3.78. The summed E-state index contributed by atoms with van der Waals surface area (Å²) in [4.78, 5) is 0. The van der Waals surface area contributed by atoms with Gasteiger partial charge in [-0.15, -0.1) is 0 Å². The lowest BCUT2D eigenvalue weighted by molar-refractivity contribution is 0.187. The number of hydrogen-bond acceptors (Lipinski definition) is 1. The van der Waals surface area contributed by atoms with Crippen LogP contribution in [-0.4, -0.2) is 15.8 Å². The Hall–Kier alpha value is -1.54. The van der Waals surface area contributed by atoms with Gasteiger partial charge in [-0.1, -0.05) is 12.1 Å². The Balaban J connectivity index is 2.15. The lowest BCUT2D eigenvalue weighted by Crippen LogP contribution is -2.04. The fourth-order valence-corrected chi connectivity index (χ4v) is 2.35. The number of aliphatic hydroxyl groups excluding tert-OH is 1. The second kappa shape index (κ2) is 3.24. The van der Waals surface area contributed by atoms with Crippen molar-refractivity contribution in [2.75, 3.05) is 0 Å². The van der Waals surface area contributed by atoms with Crippen molar-refractivity contribution < 1.29 is 5.11 Å². The second-order valence-electron chi connectivity index (χ2n) is 4.07. The number of nitrogens with zero attached hydrogens (tertiary/aromatic N) is 1. The Morgan fingerprint density at radius 1 is 1.07 bits per heavy atom. The predicted octanol–water partition coefficient (Wildman–Crippen LogP) is 1.94. The van der Waals surface area contributed by atoms with Crippen molar-refractivity contribution in [3.8, 4) is 5.69 Å². The van der Waals surface area contributed by atoms with Crippen molar-refractivity contribution in [3.63, 3.8) is 0 Å². The third kappa shape index (κ3) is 1.38. The zero-order valence-electron chi connectivity index (χ0n) is 8.43. The molecule has 0 bridgehead atoms. The average Bonchev–Trinajstić information content (AvgIpc) is 2.82. The van der Waals surface area contributed by atoms with Gasteiger partial charge in [-0.25, -0.2) is 0 Å². The zero-order chi connectivity index (χ0) is 10.3. The Kier molecular flexibility index (Phi) is 1.89. The van der Waals surface area contributed by atoms with E-state index in [1.165, 1.54) is 16.8 Å². The highest BCUT2D eigenvalue weighted by atomic mass is 16.3. The summed E-state index contributed by atoms with van der Waals surface area (Å²) in [7, 11) is 0. The van der Waals surface area contributed by atoms with Crippen molar-refractivity contribution >= 4 is 0 Å². The number of rotatable bonds is 1. The summed E-state index contributed by atoms with van der Waals surface area (Å²) in [6.45, 7) is 0. The van der Waals surface area contributed by atoms with Gasteiger partial charge in [0, 0.05) is 24.5 Å². The van der Waals surface area contributed by atoms with Crippen LogP contribution < -0.4 is 0 Å². The summed E-state index contributed by atoms with van der Waals surface area (Å²) in [5, 5.41) is 9.66. The van der Waals surface area contributed by atoms with E-state index in [4.69, 9.17) is 0 Å². The van der Waals surface area contributed by atoms with Crippen molar-refractivity contribution in [1.82, 2.24) is 4.57 Å². The van der Waals surface area contributed by atoms with Gasteiger partial charge in [0.05, 0.1) is 6.10 Å². The first-order valence-electron chi connectivity index (χ1n) is 5.27. The van der Waals surface area contributed by atoms with Crippen LogP contribution in [0.4, 0.5) is 0 Å². The smallest absolute Gasteiger partial charge is 0.0621 e. The third-order valence-electron chi connectivity index (χ3n) is 3.03. The Morgan fingerprint density at radius 2 is 1.87 bits per heavy atom. The summed E-state index contributed by atoms with van der Waals surface area (Å²) in [5.74, 6) is 0. The van der Waals surface area contributed by atoms with Gasteiger partial charge in [0.2, 0.25) is 0 Å². The Morgan fingerprint density at radius 3 is 2.67 bits per heavy atom. The molecule has 1 unspecified atom stereocenters. The molecule has 1 aliphatic carbocycles. The number of aliphatic hydroxyl groups is 1. The molecule has 1 N–H and O–H groups in total. The SMILES string of the molecule is OC1Cc2cccc(-n3cccc3)c2C1. The second-order valence-corrected chi connectivity index (χ2v) is 4.07. The van der Waals surface area contributed by atoms with E-state index in [2.05, 4.69) is 22.8 Å². The first kappa shape index (κ1) is 8.74. The van der Waals surface area contributed by atoms with Gasteiger partial charge in [0.1, 0.15) is 0 Å². The van der Waals surface area contributed by atoms with Gasteiger partial charge in [-0.3, -0.25) is 0 Å². The van der Waals surface area contributed by atoms with Crippen LogP contribution >= 0.6 is 0 Å². The number of benzene rings is 1. The number of hydrogen-bond donors (Lipinski definition) is 1. The van der Waals surface area contributed by atoms with Gasteiger partial charge < -0.3 is 9.67 Å². The van der Waals surface area contributed by atoms with Crippen molar-refractivity contribution in [3.05, 3.63) is 53.9 Å². The molecule has 15 heavy (non-hydrogen) atoms. The summed E-state index contributed by atoms with van der Waals surface area (Å²) < 4.78 is 2.11. The van der Waals surface area contributed by atoms with Crippen LogP contribution in [0.1, 0.15) is 11.1 Å². The highest BCUT2D eigenvalue weighted by molar-refractivity contribution is 5.49. The fourth-order valence-electron chi connectivity index (χ4n) is 2.35. The first-order chi connectivity index (χ1) is 7.34. The maximum Gasteiger partial charge on any atom is 0.0621 e. The minimum absolute atomic E-state index is 0.197. The molecule has 0 spiro atoms.